The second kappa shape index (κ2) is 3.99. The van der Waals surface area contributed by atoms with Gasteiger partial charge in [-0.2, -0.15) is 0 Å². The summed E-state index contributed by atoms with van der Waals surface area (Å²) in [6.45, 7) is 7.28. The van der Waals surface area contributed by atoms with Gasteiger partial charge in [-0.1, -0.05) is 13.3 Å². The fraction of sp³-hybridized carbons (Fsp3) is 0.900. The quantitative estimate of drug-likeness (QED) is 0.514. The second-order valence-electron chi connectivity index (χ2n) is 4.66. The van der Waals surface area contributed by atoms with Crippen LogP contribution < -0.4 is 11.1 Å². The second-order valence-corrected chi connectivity index (χ2v) is 4.66. The van der Waals surface area contributed by atoms with Crippen molar-refractivity contribution in [1.29, 1.82) is 0 Å². The lowest BCUT2D eigenvalue weighted by Crippen LogP contribution is -2.38. The molecule has 0 heterocycles. The highest BCUT2D eigenvalue weighted by atomic mass is 15.1. The SMILES string of the molecule is CC(C)NC(N)=NCC1(C)CCC1. The Hall–Kier alpha value is -0.730. The van der Waals surface area contributed by atoms with E-state index in [1.807, 2.05) is 0 Å². The number of aliphatic imine (C=N–C) groups is 1. The molecule has 1 aliphatic carbocycles. The first kappa shape index (κ1) is 10.4. The zero-order valence-corrected chi connectivity index (χ0v) is 8.93. The number of rotatable bonds is 3. The van der Waals surface area contributed by atoms with Crippen LogP contribution in [0.5, 0.6) is 0 Å². The Kier molecular flexibility index (Phi) is 3.17. The van der Waals surface area contributed by atoms with E-state index in [0.717, 1.165) is 6.54 Å². The minimum Gasteiger partial charge on any atom is -0.370 e. The van der Waals surface area contributed by atoms with Gasteiger partial charge in [-0.25, -0.2) is 0 Å². The maximum absolute atomic E-state index is 5.70. The molecule has 0 amide bonds. The van der Waals surface area contributed by atoms with Crippen LogP contribution in [-0.4, -0.2) is 18.5 Å². The molecule has 3 nitrogen and oxygen atoms in total. The molecule has 3 N–H and O–H groups in total. The van der Waals surface area contributed by atoms with Gasteiger partial charge in [0.2, 0.25) is 0 Å². The van der Waals surface area contributed by atoms with Crippen LogP contribution in [0.2, 0.25) is 0 Å². The highest BCUT2D eigenvalue weighted by Crippen LogP contribution is 2.40. The zero-order valence-electron chi connectivity index (χ0n) is 8.93. The third kappa shape index (κ3) is 3.25. The van der Waals surface area contributed by atoms with Crippen molar-refractivity contribution >= 4 is 5.96 Å². The van der Waals surface area contributed by atoms with Crippen LogP contribution in [0.15, 0.2) is 4.99 Å². The molecular formula is C10H21N3. The fourth-order valence-electron chi connectivity index (χ4n) is 1.56. The summed E-state index contributed by atoms with van der Waals surface area (Å²) in [7, 11) is 0. The highest BCUT2D eigenvalue weighted by Gasteiger charge is 2.31. The van der Waals surface area contributed by atoms with Crippen molar-refractivity contribution in [3.8, 4) is 0 Å². The molecular weight excluding hydrogens is 162 g/mol. The van der Waals surface area contributed by atoms with Crippen LogP contribution in [-0.2, 0) is 0 Å². The lowest BCUT2D eigenvalue weighted by Gasteiger charge is -2.36. The smallest absolute Gasteiger partial charge is 0.188 e. The zero-order chi connectivity index (χ0) is 9.90. The summed E-state index contributed by atoms with van der Waals surface area (Å²) in [4.78, 5) is 4.34. The number of nitrogens with zero attached hydrogens (tertiary/aromatic N) is 1. The van der Waals surface area contributed by atoms with Gasteiger partial charge in [0, 0.05) is 12.6 Å². The van der Waals surface area contributed by atoms with Crippen molar-refractivity contribution in [2.45, 2.75) is 46.1 Å². The lowest BCUT2D eigenvalue weighted by atomic mass is 9.71. The topological polar surface area (TPSA) is 50.4 Å². The van der Waals surface area contributed by atoms with E-state index in [4.69, 9.17) is 5.73 Å². The highest BCUT2D eigenvalue weighted by molar-refractivity contribution is 5.78. The maximum Gasteiger partial charge on any atom is 0.188 e. The fourth-order valence-corrected chi connectivity index (χ4v) is 1.56. The summed E-state index contributed by atoms with van der Waals surface area (Å²) in [6, 6.07) is 0.373. The Morgan fingerprint density at radius 2 is 2.15 bits per heavy atom. The molecule has 13 heavy (non-hydrogen) atoms. The standard InChI is InChI=1S/C10H21N3/c1-8(2)13-9(11)12-7-10(3)5-4-6-10/h8H,4-7H2,1-3H3,(H3,11,12,13). The van der Waals surface area contributed by atoms with Gasteiger partial charge in [0.1, 0.15) is 0 Å². The average molecular weight is 183 g/mol. The predicted molar refractivity (Wildman–Crippen MR) is 56.7 cm³/mol. The normalized spacial score (nSPS) is 21.4. The number of nitrogens with two attached hydrogens (primary N) is 1. The predicted octanol–water partition coefficient (Wildman–Crippen LogP) is 1.49. The molecule has 0 aromatic carbocycles. The molecule has 0 atom stereocenters. The maximum atomic E-state index is 5.70. The Labute approximate surface area is 80.8 Å². The molecule has 0 aliphatic heterocycles. The molecule has 1 aliphatic rings. The van der Waals surface area contributed by atoms with E-state index in [1.54, 1.807) is 0 Å². The van der Waals surface area contributed by atoms with Crippen molar-refractivity contribution in [1.82, 2.24) is 5.32 Å². The molecule has 1 rings (SSSR count). The van der Waals surface area contributed by atoms with Crippen LogP contribution in [0.3, 0.4) is 0 Å². The van der Waals surface area contributed by atoms with E-state index in [-0.39, 0.29) is 0 Å². The minimum atomic E-state index is 0.373. The van der Waals surface area contributed by atoms with E-state index >= 15 is 0 Å². The molecule has 1 fully saturated rings. The van der Waals surface area contributed by atoms with Gasteiger partial charge in [-0.05, 0) is 32.1 Å². The minimum absolute atomic E-state index is 0.373. The Balaban J connectivity index is 2.29. The Morgan fingerprint density at radius 1 is 1.54 bits per heavy atom. The van der Waals surface area contributed by atoms with Gasteiger partial charge in [-0.15, -0.1) is 0 Å². The lowest BCUT2D eigenvalue weighted by molar-refractivity contribution is 0.173. The molecule has 0 saturated heterocycles. The summed E-state index contributed by atoms with van der Waals surface area (Å²) in [5.74, 6) is 0.586. The number of nitrogens with one attached hydrogen (secondary N) is 1. The molecule has 1 saturated carbocycles. The molecule has 0 radical (unpaired) electrons. The molecule has 0 unspecified atom stereocenters. The first-order valence-electron chi connectivity index (χ1n) is 5.08. The van der Waals surface area contributed by atoms with Gasteiger partial charge in [0.15, 0.2) is 5.96 Å². The summed E-state index contributed by atoms with van der Waals surface area (Å²) in [5, 5.41) is 3.09. The monoisotopic (exact) mass is 183 g/mol. The molecule has 0 aromatic rings. The third-order valence-corrected chi connectivity index (χ3v) is 2.63. The summed E-state index contributed by atoms with van der Waals surface area (Å²) >= 11 is 0. The molecule has 0 bridgehead atoms. The molecule has 3 heteroatoms. The summed E-state index contributed by atoms with van der Waals surface area (Å²) < 4.78 is 0. The van der Waals surface area contributed by atoms with Gasteiger partial charge >= 0.3 is 0 Å². The average Bonchev–Trinajstić information content (AvgIpc) is 1.96. The van der Waals surface area contributed by atoms with Crippen LogP contribution in [0.1, 0.15) is 40.0 Å². The number of guanidine groups is 1. The van der Waals surface area contributed by atoms with E-state index < -0.39 is 0 Å². The van der Waals surface area contributed by atoms with Crippen LogP contribution in [0, 0.1) is 5.41 Å². The third-order valence-electron chi connectivity index (χ3n) is 2.63. The Bertz CT molecular complexity index is 192. The van der Waals surface area contributed by atoms with Gasteiger partial charge in [0.25, 0.3) is 0 Å². The van der Waals surface area contributed by atoms with Crippen molar-refractivity contribution in [3.05, 3.63) is 0 Å². The van der Waals surface area contributed by atoms with Crippen LogP contribution in [0.25, 0.3) is 0 Å². The first-order valence-corrected chi connectivity index (χ1v) is 5.08. The first-order chi connectivity index (χ1) is 6.02. The van der Waals surface area contributed by atoms with Crippen molar-refractivity contribution in [3.63, 3.8) is 0 Å². The van der Waals surface area contributed by atoms with E-state index in [2.05, 4.69) is 31.1 Å². The van der Waals surface area contributed by atoms with E-state index in [0.29, 0.717) is 17.4 Å². The van der Waals surface area contributed by atoms with Gasteiger partial charge < -0.3 is 11.1 Å². The van der Waals surface area contributed by atoms with Gasteiger partial charge in [-0.3, -0.25) is 4.99 Å². The Morgan fingerprint density at radius 3 is 2.54 bits per heavy atom. The molecule has 76 valence electrons. The van der Waals surface area contributed by atoms with E-state index in [1.165, 1.54) is 19.3 Å². The largest absolute Gasteiger partial charge is 0.370 e. The van der Waals surface area contributed by atoms with Crippen molar-refractivity contribution in [2.24, 2.45) is 16.1 Å². The van der Waals surface area contributed by atoms with Crippen molar-refractivity contribution < 1.29 is 0 Å². The summed E-state index contributed by atoms with van der Waals surface area (Å²) in [6.07, 6.45) is 3.94. The molecule has 0 spiro atoms. The van der Waals surface area contributed by atoms with E-state index in [9.17, 15) is 0 Å². The molecule has 0 aromatic heterocycles. The number of hydrogen-bond acceptors (Lipinski definition) is 1. The van der Waals surface area contributed by atoms with Crippen molar-refractivity contribution in [2.75, 3.05) is 6.54 Å². The van der Waals surface area contributed by atoms with Crippen LogP contribution >= 0.6 is 0 Å². The number of hydrogen-bond donors (Lipinski definition) is 2. The summed E-state index contributed by atoms with van der Waals surface area (Å²) in [5.41, 5.74) is 6.13. The van der Waals surface area contributed by atoms with Crippen LogP contribution in [0.4, 0.5) is 0 Å². The van der Waals surface area contributed by atoms with Gasteiger partial charge in [0.05, 0.1) is 0 Å².